The Morgan fingerprint density at radius 2 is 2.05 bits per heavy atom. The molecule has 0 amide bonds. The van der Waals surface area contributed by atoms with E-state index in [0.717, 1.165) is 52.0 Å². The molecule has 1 N–H and O–H groups in total. The molecule has 1 heterocycles. The molecular formula is C15H19BrClNO. The molecule has 0 saturated heterocycles. The lowest BCUT2D eigenvalue weighted by molar-refractivity contribution is 0.407. The van der Waals surface area contributed by atoms with Crippen molar-refractivity contribution in [2.75, 3.05) is 6.54 Å². The Labute approximate surface area is 127 Å². The number of fused-ring (bicyclic) bond motifs is 1. The van der Waals surface area contributed by atoms with Crippen LogP contribution in [-0.2, 0) is 0 Å². The zero-order chi connectivity index (χ0) is 13.8. The first kappa shape index (κ1) is 14.9. The van der Waals surface area contributed by atoms with Crippen LogP contribution < -0.4 is 5.32 Å². The van der Waals surface area contributed by atoms with Crippen molar-refractivity contribution in [3.8, 4) is 0 Å². The Hall–Kier alpha value is -0.510. The Kier molecular flexibility index (Phi) is 5.31. The first-order valence-corrected chi connectivity index (χ1v) is 7.94. The first-order valence-electron chi connectivity index (χ1n) is 6.77. The van der Waals surface area contributed by atoms with Crippen molar-refractivity contribution in [1.29, 1.82) is 0 Å². The van der Waals surface area contributed by atoms with Gasteiger partial charge in [-0.05, 0) is 53.5 Å². The van der Waals surface area contributed by atoms with Gasteiger partial charge in [-0.2, -0.15) is 0 Å². The maximum atomic E-state index is 6.07. The van der Waals surface area contributed by atoms with Crippen LogP contribution in [0.25, 0.3) is 11.0 Å². The summed E-state index contributed by atoms with van der Waals surface area (Å²) in [7, 11) is 0. The zero-order valence-corrected chi connectivity index (χ0v) is 13.6. The molecule has 2 aromatic rings. The van der Waals surface area contributed by atoms with E-state index in [1.54, 1.807) is 0 Å². The molecular weight excluding hydrogens is 326 g/mol. The van der Waals surface area contributed by atoms with E-state index in [1.165, 1.54) is 0 Å². The van der Waals surface area contributed by atoms with E-state index in [0.29, 0.717) is 0 Å². The minimum absolute atomic E-state index is 0.281. The molecule has 1 atom stereocenters. The molecule has 0 bridgehead atoms. The fourth-order valence-electron chi connectivity index (χ4n) is 2.22. The summed E-state index contributed by atoms with van der Waals surface area (Å²) in [5.41, 5.74) is 0.874. The monoisotopic (exact) mass is 343 g/mol. The predicted molar refractivity (Wildman–Crippen MR) is 84.9 cm³/mol. The van der Waals surface area contributed by atoms with E-state index in [9.17, 15) is 0 Å². The SMILES string of the molecule is CCCNC(CCC)c1cc2cc(Cl)cc(Br)c2o1. The van der Waals surface area contributed by atoms with E-state index in [4.69, 9.17) is 16.0 Å². The van der Waals surface area contributed by atoms with Gasteiger partial charge in [-0.15, -0.1) is 0 Å². The number of nitrogens with one attached hydrogen (secondary N) is 1. The van der Waals surface area contributed by atoms with E-state index in [1.807, 2.05) is 12.1 Å². The van der Waals surface area contributed by atoms with Crippen molar-refractivity contribution in [2.45, 2.75) is 39.2 Å². The number of hydrogen-bond acceptors (Lipinski definition) is 2. The van der Waals surface area contributed by atoms with Gasteiger partial charge in [-0.3, -0.25) is 0 Å². The van der Waals surface area contributed by atoms with E-state index in [-0.39, 0.29) is 6.04 Å². The lowest BCUT2D eigenvalue weighted by Crippen LogP contribution is -2.21. The first-order chi connectivity index (χ1) is 9.15. The number of benzene rings is 1. The molecule has 1 unspecified atom stereocenters. The van der Waals surface area contributed by atoms with Gasteiger partial charge in [0.05, 0.1) is 10.5 Å². The van der Waals surface area contributed by atoms with Gasteiger partial charge in [-0.25, -0.2) is 0 Å². The second-order valence-corrected chi connectivity index (χ2v) is 6.04. The minimum atomic E-state index is 0.281. The fourth-order valence-corrected chi connectivity index (χ4v) is 3.13. The summed E-state index contributed by atoms with van der Waals surface area (Å²) in [6.45, 7) is 5.37. The van der Waals surface area contributed by atoms with Crippen LogP contribution in [0.2, 0.25) is 5.02 Å². The van der Waals surface area contributed by atoms with Crippen molar-refractivity contribution in [3.63, 3.8) is 0 Å². The highest BCUT2D eigenvalue weighted by Gasteiger charge is 2.16. The molecule has 1 aromatic carbocycles. The van der Waals surface area contributed by atoms with E-state index < -0.39 is 0 Å². The van der Waals surface area contributed by atoms with Crippen LogP contribution in [0.1, 0.15) is 44.9 Å². The third-order valence-corrected chi connectivity index (χ3v) is 3.92. The number of halogens is 2. The summed E-state index contributed by atoms with van der Waals surface area (Å²) in [6.07, 6.45) is 3.32. The van der Waals surface area contributed by atoms with Gasteiger partial charge in [-0.1, -0.05) is 31.9 Å². The third kappa shape index (κ3) is 3.53. The number of furan rings is 1. The Morgan fingerprint density at radius 3 is 2.74 bits per heavy atom. The second-order valence-electron chi connectivity index (χ2n) is 4.75. The predicted octanol–water partition coefficient (Wildman–Crippen LogP) is 5.69. The average molecular weight is 345 g/mol. The highest BCUT2D eigenvalue weighted by atomic mass is 79.9. The molecule has 0 aliphatic carbocycles. The van der Waals surface area contributed by atoms with Crippen molar-refractivity contribution >= 4 is 38.5 Å². The Balaban J connectivity index is 2.34. The maximum absolute atomic E-state index is 6.07. The van der Waals surface area contributed by atoms with E-state index >= 15 is 0 Å². The molecule has 0 saturated carbocycles. The highest BCUT2D eigenvalue weighted by molar-refractivity contribution is 9.10. The van der Waals surface area contributed by atoms with Gasteiger partial charge < -0.3 is 9.73 Å². The largest absolute Gasteiger partial charge is 0.458 e. The summed E-state index contributed by atoms with van der Waals surface area (Å²) in [4.78, 5) is 0. The van der Waals surface area contributed by atoms with Crippen LogP contribution in [0.3, 0.4) is 0 Å². The molecule has 2 nitrogen and oxygen atoms in total. The van der Waals surface area contributed by atoms with E-state index in [2.05, 4.69) is 41.2 Å². The summed E-state index contributed by atoms with van der Waals surface area (Å²) in [6, 6.07) is 6.18. The standard InChI is InChI=1S/C15H19BrClNO/c1-3-5-13(18-6-4-2)14-8-10-7-11(17)9-12(16)15(10)19-14/h7-9,13,18H,3-6H2,1-2H3. The Bertz CT molecular complexity index is 552. The van der Waals surface area contributed by atoms with Gasteiger partial charge >= 0.3 is 0 Å². The van der Waals surface area contributed by atoms with Gasteiger partial charge in [0.1, 0.15) is 11.3 Å². The topological polar surface area (TPSA) is 25.2 Å². The van der Waals surface area contributed by atoms with Crippen LogP contribution in [0, 0.1) is 0 Å². The quantitative estimate of drug-likeness (QED) is 0.728. The summed E-state index contributed by atoms with van der Waals surface area (Å²) in [5.74, 6) is 0.994. The summed E-state index contributed by atoms with van der Waals surface area (Å²) in [5, 5.41) is 5.31. The van der Waals surface area contributed by atoms with Crippen LogP contribution in [0.15, 0.2) is 27.1 Å². The molecule has 4 heteroatoms. The molecule has 0 radical (unpaired) electrons. The third-order valence-electron chi connectivity index (χ3n) is 3.12. The number of hydrogen-bond donors (Lipinski definition) is 1. The van der Waals surface area contributed by atoms with Crippen molar-refractivity contribution in [3.05, 3.63) is 33.5 Å². The smallest absolute Gasteiger partial charge is 0.148 e. The summed E-state index contributed by atoms with van der Waals surface area (Å²) >= 11 is 9.57. The molecule has 2 rings (SSSR count). The van der Waals surface area contributed by atoms with Gasteiger partial charge in [0.15, 0.2) is 0 Å². The van der Waals surface area contributed by atoms with Crippen LogP contribution in [-0.4, -0.2) is 6.54 Å². The zero-order valence-electron chi connectivity index (χ0n) is 11.3. The van der Waals surface area contributed by atoms with Crippen LogP contribution >= 0.6 is 27.5 Å². The van der Waals surface area contributed by atoms with Crippen LogP contribution in [0.4, 0.5) is 0 Å². The average Bonchev–Trinajstić information content (AvgIpc) is 2.78. The van der Waals surface area contributed by atoms with Crippen molar-refractivity contribution in [1.82, 2.24) is 5.32 Å². The molecule has 0 aliphatic heterocycles. The molecule has 0 fully saturated rings. The van der Waals surface area contributed by atoms with Gasteiger partial charge in [0, 0.05) is 10.4 Å². The summed E-state index contributed by atoms with van der Waals surface area (Å²) < 4.78 is 6.91. The lowest BCUT2D eigenvalue weighted by atomic mass is 10.1. The second kappa shape index (κ2) is 6.78. The molecule has 104 valence electrons. The molecule has 1 aromatic heterocycles. The highest BCUT2D eigenvalue weighted by Crippen LogP contribution is 2.33. The molecule has 0 aliphatic rings. The van der Waals surface area contributed by atoms with Crippen molar-refractivity contribution in [2.24, 2.45) is 0 Å². The van der Waals surface area contributed by atoms with Crippen molar-refractivity contribution < 1.29 is 4.42 Å². The van der Waals surface area contributed by atoms with Gasteiger partial charge in [0.25, 0.3) is 0 Å². The fraction of sp³-hybridized carbons (Fsp3) is 0.467. The molecule has 0 spiro atoms. The normalized spacial score (nSPS) is 13.1. The Morgan fingerprint density at radius 1 is 1.26 bits per heavy atom. The lowest BCUT2D eigenvalue weighted by Gasteiger charge is -2.14. The minimum Gasteiger partial charge on any atom is -0.458 e. The van der Waals surface area contributed by atoms with Gasteiger partial charge in [0.2, 0.25) is 0 Å². The maximum Gasteiger partial charge on any atom is 0.148 e. The number of rotatable bonds is 6. The molecule has 19 heavy (non-hydrogen) atoms. The van der Waals surface area contributed by atoms with Crippen LogP contribution in [0.5, 0.6) is 0 Å².